The average Bonchev–Trinajstić information content (AvgIpc) is 2.85. The molecule has 0 radical (unpaired) electrons. The molecule has 0 amide bonds. The van der Waals surface area contributed by atoms with E-state index in [0.717, 1.165) is 0 Å². The number of aliphatic hydroxyl groups excluding tert-OH is 2. The minimum absolute atomic E-state index is 0.00423. The van der Waals surface area contributed by atoms with Crippen molar-refractivity contribution in [2.45, 2.75) is 69.5 Å². The second kappa shape index (κ2) is 6.32. The molecule has 1 fully saturated rings. The Morgan fingerprint density at radius 1 is 1.36 bits per heavy atom. The van der Waals surface area contributed by atoms with Crippen LogP contribution in [0.3, 0.4) is 0 Å². The average molecular weight is 396 g/mol. The van der Waals surface area contributed by atoms with E-state index in [9.17, 15) is 25.2 Å². The standard InChI is InChI=1S/C20H28O8/c1-9-15(24)13(10(2)21)17-14(16(9)26-5)18(4)8-19(25,11(3)22)12(23)7-20(18,27-6)28-17/h11-12,22-25H,7-8H2,1-6H3/t11-,12-,18-,19+,20-/m0/s1. The number of aliphatic hydroxyl groups is 3. The topological polar surface area (TPSA) is 126 Å². The molecule has 0 saturated heterocycles. The number of Topliss-reactive ketones (excluding diaryl/α,β-unsaturated/α-hetero) is 1. The second-order valence-electron chi connectivity index (χ2n) is 8.10. The fourth-order valence-corrected chi connectivity index (χ4v) is 4.85. The molecule has 4 N–H and O–H groups in total. The number of fused-ring (bicyclic) bond motifs is 3. The van der Waals surface area contributed by atoms with Crippen molar-refractivity contribution in [2.24, 2.45) is 0 Å². The lowest BCUT2D eigenvalue weighted by Crippen LogP contribution is -2.68. The van der Waals surface area contributed by atoms with Crippen LogP contribution in [-0.2, 0) is 10.2 Å². The molecule has 8 nitrogen and oxygen atoms in total. The van der Waals surface area contributed by atoms with Crippen molar-refractivity contribution in [1.82, 2.24) is 0 Å². The quantitative estimate of drug-likeness (QED) is 0.559. The molecule has 0 aromatic heterocycles. The van der Waals surface area contributed by atoms with Gasteiger partial charge < -0.3 is 34.6 Å². The van der Waals surface area contributed by atoms with Crippen LogP contribution in [-0.4, -0.2) is 64.0 Å². The second-order valence-corrected chi connectivity index (χ2v) is 8.10. The van der Waals surface area contributed by atoms with Gasteiger partial charge in [-0.25, -0.2) is 0 Å². The predicted octanol–water partition coefficient (Wildman–Crippen LogP) is 1.17. The van der Waals surface area contributed by atoms with Crippen molar-refractivity contribution in [1.29, 1.82) is 0 Å². The normalized spacial score (nSPS) is 35.0. The number of hydrogen-bond acceptors (Lipinski definition) is 8. The zero-order valence-electron chi connectivity index (χ0n) is 17.0. The number of ether oxygens (including phenoxy) is 3. The molecule has 156 valence electrons. The first-order valence-electron chi connectivity index (χ1n) is 9.17. The van der Waals surface area contributed by atoms with E-state index >= 15 is 0 Å². The van der Waals surface area contributed by atoms with Crippen LogP contribution >= 0.6 is 0 Å². The van der Waals surface area contributed by atoms with Gasteiger partial charge in [0, 0.05) is 19.1 Å². The molecule has 1 aliphatic carbocycles. The van der Waals surface area contributed by atoms with Crippen LogP contribution in [0, 0.1) is 6.92 Å². The van der Waals surface area contributed by atoms with Gasteiger partial charge in [0.15, 0.2) is 5.78 Å². The van der Waals surface area contributed by atoms with Crippen LogP contribution in [0.25, 0.3) is 0 Å². The lowest BCUT2D eigenvalue weighted by atomic mass is 9.59. The maximum absolute atomic E-state index is 12.3. The molecular formula is C20H28O8. The third-order valence-corrected chi connectivity index (χ3v) is 6.56. The SMILES string of the molecule is COc1c(C)c(O)c(C(C)=O)c2c1[C@]1(C)C[C@@](O)([C@H](C)O)[C@@H](O)C[C@]1(OC)O2. The van der Waals surface area contributed by atoms with Gasteiger partial charge in [-0.1, -0.05) is 0 Å². The van der Waals surface area contributed by atoms with E-state index in [4.69, 9.17) is 14.2 Å². The van der Waals surface area contributed by atoms with E-state index in [2.05, 4.69) is 0 Å². The van der Waals surface area contributed by atoms with Crippen molar-refractivity contribution < 1.29 is 39.4 Å². The van der Waals surface area contributed by atoms with E-state index in [1.165, 1.54) is 28.1 Å². The predicted molar refractivity (Wildman–Crippen MR) is 99.0 cm³/mol. The van der Waals surface area contributed by atoms with E-state index in [1.807, 2.05) is 0 Å². The highest BCUT2D eigenvalue weighted by Crippen LogP contribution is 2.64. The fraction of sp³-hybridized carbons (Fsp3) is 0.650. The van der Waals surface area contributed by atoms with Crippen LogP contribution in [0.15, 0.2) is 0 Å². The number of hydrogen-bond donors (Lipinski definition) is 4. The minimum Gasteiger partial charge on any atom is -0.507 e. The van der Waals surface area contributed by atoms with Gasteiger partial charge in [-0.15, -0.1) is 0 Å². The summed E-state index contributed by atoms with van der Waals surface area (Å²) in [7, 11) is 2.85. The van der Waals surface area contributed by atoms with E-state index < -0.39 is 34.8 Å². The summed E-state index contributed by atoms with van der Waals surface area (Å²) in [5.41, 5.74) is -2.10. The smallest absolute Gasteiger partial charge is 0.222 e. The third-order valence-electron chi connectivity index (χ3n) is 6.56. The van der Waals surface area contributed by atoms with Gasteiger partial charge in [-0.2, -0.15) is 0 Å². The highest BCUT2D eigenvalue weighted by Gasteiger charge is 2.69. The number of methoxy groups -OCH3 is 2. The number of rotatable bonds is 4. The molecule has 1 heterocycles. The van der Waals surface area contributed by atoms with Gasteiger partial charge in [-0.05, 0) is 34.1 Å². The van der Waals surface area contributed by atoms with Crippen LogP contribution in [0.1, 0.15) is 55.1 Å². The Labute approximate surface area is 163 Å². The highest BCUT2D eigenvalue weighted by molar-refractivity contribution is 6.01. The van der Waals surface area contributed by atoms with Crippen LogP contribution < -0.4 is 9.47 Å². The first-order chi connectivity index (χ1) is 12.9. The summed E-state index contributed by atoms with van der Waals surface area (Å²) < 4.78 is 17.4. The van der Waals surface area contributed by atoms with Crippen molar-refractivity contribution in [3.8, 4) is 17.2 Å². The van der Waals surface area contributed by atoms with E-state index in [-0.39, 0.29) is 29.9 Å². The van der Waals surface area contributed by atoms with Crippen molar-refractivity contribution in [3.05, 3.63) is 16.7 Å². The monoisotopic (exact) mass is 396 g/mol. The van der Waals surface area contributed by atoms with Gasteiger partial charge in [0.2, 0.25) is 5.79 Å². The fourth-order valence-electron chi connectivity index (χ4n) is 4.85. The molecule has 1 aliphatic heterocycles. The van der Waals surface area contributed by atoms with Crippen LogP contribution in [0.4, 0.5) is 0 Å². The molecule has 2 aliphatic rings. The van der Waals surface area contributed by atoms with Crippen LogP contribution in [0.2, 0.25) is 0 Å². The number of ketones is 1. The third kappa shape index (κ3) is 2.35. The number of aromatic hydroxyl groups is 1. The number of phenolic OH excluding ortho intramolecular Hbond substituents is 1. The Bertz CT molecular complexity index is 834. The summed E-state index contributed by atoms with van der Waals surface area (Å²) in [5.74, 6) is -1.66. The summed E-state index contributed by atoms with van der Waals surface area (Å²) in [6.45, 7) is 6.11. The van der Waals surface area contributed by atoms with Crippen molar-refractivity contribution in [3.63, 3.8) is 0 Å². The molecule has 1 aromatic rings. The van der Waals surface area contributed by atoms with Gasteiger partial charge in [0.05, 0.1) is 30.3 Å². The summed E-state index contributed by atoms with van der Waals surface area (Å²) in [4.78, 5) is 12.3. The molecular weight excluding hydrogens is 368 g/mol. The zero-order valence-corrected chi connectivity index (χ0v) is 17.0. The Hall–Kier alpha value is -1.87. The lowest BCUT2D eigenvalue weighted by molar-refractivity contribution is -0.279. The van der Waals surface area contributed by atoms with Gasteiger partial charge in [0.1, 0.15) is 28.4 Å². The molecule has 0 bridgehead atoms. The molecule has 8 heteroatoms. The largest absolute Gasteiger partial charge is 0.507 e. The Morgan fingerprint density at radius 3 is 2.43 bits per heavy atom. The molecule has 5 atom stereocenters. The van der Waals surface area contributed by atoms with Gasteiger partial charge in [-0.3, -0.25) is 4.79 Å². The molecule has 1 aromatic carbocycles. The minimum atomic E-state index is -1.82. The first-order valence-corrected chi connectivity index (χ1v) is 9.17. The summed E-state index contributed by atoms with van der Waals surface area (Å²) in [6, 6.07) is 0. The van der Waals surface area contributed by atoms with E-state index in [0.29, 0.717) is 16.9 Å². The molecule has 28 heavy (non-hydrogen) atoms. The summed E-state index contributed by atoms with van der Waals surface area (Å²) in [5, 5.41) is 42.5. The van der Waals surface area contributed by atoms with Crippen LogP contribution in [0.5, 0.6) is 17.2 Å². The van der Waals surface area contributed by atoms with Gasteiger partial charge in [0.25, 0.3) is 0 Å². The molecule has 0 spiro atoms. The Balaban J connectivity index is 2.39. The highest BCUT2D eigenvalue weighted by atomic mass is 16.7. The van der Waals surface area contributed by atoms with Gasteiger partial charge >= 0.3 is 0 Å². The van der Waals surface area contributed by atoms with E-state index in [1.54, 1.807) is 13.8 Å². The summed E-state index contributed by atoms with van der Waals surface area (Å²) >= 11 is 0. The number of phenols is 1. The Morgan fingerprint density at radius 2 is 1.96 bits per heavy atom. The molecule has 0 unspecified atom stereocenters. The maximum Gasteiger partial charge on any atom is 0.222 e. The first kappa shape index (κ1) is 20.9. The maximum atomic E-state index is 12.3. The number of carbonyl (C=O) groups is 1. The molecule has 1 saturated carbocycles. The number of carbonyl (C=O) groups excluding carboxylic acids is 1. The summed E-state index contributed by atoms with van der Waals surface area (Å²) in [6.07, 6.45) is -2.83. The lowest BCUT2D eigenvalue weighted by Gasteiger charge is -2.53. The zero-order chi connectivity index (χ0) is 21.2. The van der Waals surface area contributed by atoms with Crippen molar-refractivity contribution >= 4 is 5.78 Å². The van der Waals surface area contributed by atoms with Crippen molar-refractivity contribution in [2.75, 3.05) is 14.2 Å². The number of benzene rings is 1. The Kier molecular flexibility index (Phi) is 4.70. The molecule has 3 rings (SSSR count).